The molecular formula is C11H20N4O. The number of hydrogen-bond donors (Lipinski definition) is 2. The highest BCUT2D eigenvalue weighted by atomic mass is 16.1. The molecular weight excluding hydrogens is 204 g/mol. The van der Waals surface area contributed by atoms with Crippen LogP contribution in [0.3, 0.4) is 0 Å². The Labute approximate surface area is 96.2 Å². The molecule has 0 saturated carbocycles. The zero-order chi connectivity index (χ0) is 12.0. The molecule has 0 radical (unpaired) electrons. The molecule has 0 fully saturated rings. The number of aromatic nitrogens is 2. The van der Waals surface area contributed by atoms with Gasteiger partial charge in [-0.25, -0.2) is 0 Å². The lowest BCUT2D eigenvalue weighted by Gasteiger charge is -2.11. The van der Waals surface area contributed by atoms with Gasteiger partial charge < -0.3 is 10.6 Å². The summed E-state index contributed by atoms with van der Waals surface area (Å²) in [6.07, 6.45) is 2.70. The van der Waals surface area contributed by atoms with Gasteiger partial charge in [0.1, 0.15) is 0 Å². The van der Waals surface area contributed by atoms with Crippen LogP contribution in [0.2, 0.25) is 0 Å². The van der Waals surface area contributed by atoms with E-state index >= 15 is 0 Å². The van der Waals surface area contributed by atoms with Gasteiger partial charge in [0.05, 0.1) is 12.2 Å². The zero-order valence-corrected chi connectivity index (χ0v) is 10.2. The number of carbonyl (C=O) groups excluding carboxylic acids is 1. The molecule has 0 aliphatic carbocycles. The van der Waals surface area contributed by atoms with Crippen molar-refractivity contribution in [1.29, 1.82) is 0 Å². The lowest BCUT2D eigenvalue weighted by Crippen LogP contribution is -2.38. The van der Waals surface area contributed by atoms with Crippen molar-refractivity contribution >= 4 is 5.91 Å². The molecule has 16 heavy (non-hydrogen) atoms. The number of nitrogens with zero attached hydrogens (tertiary/aromatic N) is 2. The van der Waals surface area contributed by atoms with Crippen LogP contribution in [0.4, 0.5) is 0 Å². The van der Waals surface area contributed by atoms with Crippen molar-refractivity contribution in [3.8, 4) is 0 Å². The minimum absolute atomic E-state index is 0.0384. The van der Waals surface area contributed by atoms with Crippen molar-refractivity contribution in [2.45, 2.75) is 32.9 Å². The second kappa shape index (κ2) is 6.27. The van der Waals surface area contributed by atoms with Crippen LogP contribution < -0.4 is 10.6 Å². The van der Waals surface area contributed by atoms with Gasteiger partial charge in [0.2, 0.25) is 5.91 Å². The average Bonchev–Trinajstić information content (AvgIpc) is 2.64. The van der Waals surface area contributed by atoms with Gasteiger partial charge in [0.25, 0.3) is 0 Å². The Morgan fingerprint density at radius 2 is 2.38 bits per heavy atom. The van der Waals surface area contributed by atoms with Gasteiger partial charge in [-0.05, 0) is 19.4 Å². The van der Waals surface area contributed by atoms with E-state index in [9.17, 15) is 4.79 Å². The fraction of sp³-hybridized carbons (Fsp3) is 0.636. The van der Waals surface area contributed by atoms with Crippen molar-refractivity contribution in [2.75, 3.05) is 6.54 Å². The Hall–Kier alpha value is -1.36. The Kier molecular flexibility index (Phi) is 4.98. The average molecular weight is 224 g/mol. The topological polar surface area (TPSA) is 59.0 Å². The second-order valence-corrected chi connectivity index (χ2v) is 3.93. The third kappa shape index (κ3) is 4.02. The number of carbonyl (C=O) groups is 1. The predicted molar refractivity (Wildman–Crippen MR) is 62.8 cm³/mol. The highest BCUT2D eigenvalue weighted by Crippen LogP contribution is 1.94. The lowest BCUT2D eigenvalue weighted by atomic mass is 10.2. The summed E-state index contributed by atoms with van der Waals surface area (Å²) in [5.41, 5.74) is 1.07. The van der Waals surface area contributed by atoms with E-state index in [-0.39, 0.29) is 11.9 Å². The van der Waals surface area contributed by atoms with Crippen LogP contribution in [-0.4, -0.2) is 28.3 Å². The van der Waals surface area contributed by atoms with Crippen molar-refractivity contribution in [1.82, 2.24) is 20.4 Å². The van der Waals surface area contributed by atoms with E-state index in [1.807, 2.05) is 27.0 Å². The maximum absolute atomic E-state index is 11.4. The highest BCUT2D eigenvalue weighted by molar-refractivity contribution is 5.78. The number of aryl methyl sites for hydroxylation is 1. The Bertz CT molecular complexity index is 334. The molecule has 0 spiro atoms. The smallest absolute Gasteiger partial charge is 0.234 e. The van der Waals surface area contributed by atoms with E-state index in [1.165, 1.54) is 0 Å². The van der Waals surface area contributed by atoms with Crippen LogP contribution in [0.25, 0.3) is 0 Å². The Morgan fingerprint density at radius 1 is 1.62 bits per heavy atom. The van der Waals surface area contributed by atoms with Crippen molar-refractivity contribution in [3.05, 3.63) is 18.0 Å². The van der Waals surface area contributed by atoms with Crippen LogP contribution in [0.1, 0.15) is 26.0 Å². The standard InChI is InChI=1S/C11H20N4O/c1-4-9(2)14-11(16)8-12-7-10-5-6-13-15(10)3/h5-6,9,12H,4,7-8H2,1-3H3,(H,14,16). The molecule has 1 heterocycles. The molecule has 0 aliphatic heterocycles. The SMILES string of the molecule is CCC(C)NC(=O)CNCc1ccnn1C. The van der Waals surface area contributed by atoms with Gasteiger partial charge in [0.15, 0.2) is 0 Å². The minimum atomic E-state index is 0.0384. The minimum Gasteiger partial charge on any atom is -0.353 e. The maximum Gasteiger partial charge on any atom is 0.234 e. The molecule has 1 rings (SSSR count). The lowest BCUT2D eigenvalue weighted by molar-refractivity contribution is -0.120. The van der Waals surface area contributed by atoms with Crippen LogP contribution >= 0.6 is 0 Å². The van der Waals surface area contributed by atoms with Crippen molar-refractivity contribution in [2.24, 2.45) is 7.05 Å². The molecule has 1 aromatic heterocycles. The first-order valence-electron chi connectivity index (χ1n) is 5.60. The summed E-state index contributed by atoms with van der Waals surface area (Å²) in [7, 11) is 1.89. The normalized spacial score (nSPS) is 12.4. The molecule has 0 aromatic carbocycles. The fourth-order valence-electron chi connectivity index (χ4n) is 1.31. The summed E-state index contributed by atoms with van der Waals surface area (Å²) >= 11 is 0. The predicted octanol–water partition coefficient (Wildman–Crippen LogP) is 0.424. The summed E-state index contributed by atoms with van der Waals surface area (Å²) in [6.45, 7) is 5.05. The monoisotopic (exact) mass is 224 g/mol. The van der Waals surface area contributed by atoms with Crippen molar-refractivity contribution in [3.63, 3.8) is 0 Å². The van der Waals surface area contributed by atoms with E-state index in [0.29, 0.717) is 13.1 Å². The van der Waals surface area contributed by atoms with Gasteiger partial charge in [-0.1, -0.05) is 6.92 Å². The van der Waals surface area contributed by atoms with Crippen LogP contribution in [0.15, 0.2) is 12.3 Å². The maximum atomic E-state index is 11.4. The quantitative estimate of drug-likeness (QED) is 0.736. The van der Waals surface area contributed by atoms with Gasteiger partial charge in [-0.15, -0.1) is 0 Å². The molecule has 90 valence electrons. The van der Waals surface area contributed by atoms with Gasteiger partial charge in [-0.3, -0.25) is 9.48 Å². The van der Waals surface area contributed by atoms with Gasteiger partial charge in [0, 0.05) is 25.8 Å². The van der Waals surface area contributed by atoms with Crippen LogP contribution in [0.5, 0.6) is 0 Å². The molecule has 1 unspecified atom stereocenters. The fourth-order valence-corrected chi connectivity index (χ4v) is 1.31. The van der Waals surface area contributed by atoms with Crippen molar-refractivity contribution < 1.29 is 4.79 Å². The highest BCUT2D eigenvalue weighted by Gasteiger charge is 2.05. The first-order valence-corrected chi connectivity index (χ1v) is 5.60. The van der Waals surface area contributed by atoms with E-state index in [0.717, 1.165) is 12.1 Å². The van der Waals surface area contributed by atoms with Crippen LogP contribution in [-0.2, 0) is 18.4 Å². The summed E-state index contributed by atoms with van der Waals surface area (Å²) in [5.74, 6) is 0.0384. The van der Waals surface area contributed by atoms with Crippen LogP contribution in [0, 0.1) is 0 Å². The molecule has 5 nitrogen and oxygen atoms in total. The van der Waals surface area contributed by atoms with E-state index in [2.05, 4.69) is 15.7 Å². The van der Waals surface area contributed by atoms with Gasteiger partial charge in [-0.2, -0.15) is 5.10 Å². The summed E-state index contributed by atoms with van der Waals surface area (Å²) in [6, 6.07) is 2.17. The molecule has 0 bridgehead atoms. The number of nitrogens with one attached hydrogen (secondary N) is 2. The summed E-state index contributed by atoms with van der Waals surface area (Å²) in [4.78, 5) is 11.4. The molecule has 1 aromatic rings. The number of rotatable bonds is 6. The molecule has 5 heteroatoms. The third-order valence-corrected chi connectivity index (χ3v) is 2.53. The molecule has 0 aliphatic rings. The largest absolute Gasteiger partial charge is 0.353 e. The van der Waals surface area contributed by atoms with E-state index < -0.39 is 0 Å². The first-order chi connectivity index (χ1) is 7.63. The molecule has 1 atom stereocenters. The summed E-state index contributed by atoms with van der Waals surface area (Å²) in [5, 5.41) is 10.0. The number of amides is 1. The Balaban J connectivity index is 2.21. The molecule has 1 amide bonds. The Morgan fingerprint density at radius 3 is 2.94 bits per heavy atom. The van der Waals surface area contributed by atoms with E-state index in [1.54, 1.807) is 10.9 Å². The van der Waals surface area contributed by atoms with E-state index in [4.69, 9.17) is 0 Å². The second-order valence-electron chi connectivity index (χ2n) is 3.93. The molecule has 0 saturated heterocycles. The third-order valence-electron chi connectivity index (χ3n) is 2.53. The number of hydrogen-bond acceptors (Lipinski definition) is 3. The zero-order valence-electron chi connectivity index (χ0n) is 10.2. The summed E-state index contributed by atoms with van der Waals surface area (Å²) < 4.78 is 1.79. The molecule has 2 N–H and O–H groups in total. The first kappa shape index (κ1) is 12.7. The van der Waals surface area contributed by atoms with Gasteiger partial charge >= 0.3 is 0 Å².